The molecule has 0 aromatic carbocycles. The predicted molar refractivity (Wildman–Crippen MR) is 51.8 cm³/mol. The van der Waals surface area contributed by atoms with Crippen molar-refractivity contribution in [3.8, 4) is 0 Å². The van der Waals surface area contributed by atoms with E-state index in [4.69, 9.17) is 4.42 Å². The van der Waals surface area contributed by atoms with E-state index in [1.807, 2.05) is 6.92 Å². The van der Waals surface area contributed by atoms with E-state index in [2.05, 4.69) is 9.99 Å². The summed E-state index contributed by atoms with van der Waals surface area (Å²) in [6.45, 7) is 3.72. The fourth-order valence-electron chi connectivity index (χ4n) is 0.752. The third-order valence-corrected chi connectivity index (χ3v) is 1.88. The molecule has 0 saturated heterocycles. The third-order valence-electron chi connectivity index (χ3n) is 1.88. The van der Waals surface area contributed by atoms with Crippen molar-refractivity contribution >= 4 is 12.2 Å². The number of nitrogens with zero attached hydrogens (tertiary/aromatic N) is 1. The SMILES string of the molecule is CCC(C)C(=O)ON=Cc1ccco1. The molecule has 4 heteroatoms. The van der Waals surface area contributed by atoms with Crippen molar-refractivity contribution in [1.29, 1.82) is 0 Å². The van der Waals surface area contributed by atoms with Gasteiger partial charge in [-0.25, -0.2) is 4.79 Å². The van der Waals surface area contributed by atoms with Crippen LogP contribution < -0.4 is 0 Å². The van der Waals surface area contributed by atoms with Crippen LogP contribution in [0.2, 0.25) is 0 Å². The zero-order chi connectivity index (χ0) is 10.4. The number of rotatable bonds is 4. The van der Waals surface area contributed by atoms with Crippen LogP contribution in [-0.4, -0.2) is 12.2 Å². The molecule has 1 aromatic rings. The molecule has 0 bridgehead atoms. The van der Waals surface area contributed by atoms with E-state index in [0.717, 1.165) is 6.42 Å². The molecule has 0 aliphatic heterocycles. The van der Waals surface area contributed by atoms with Gasteiger partial charge in [0.1, 0.15) is 12.0 Å². The molecule has 0 radical (unpaired) electrons. The standard InChI is InChI=1S/C10H13NO3/c1-3-8(2)10(12)14-11-7-9-5-4-6-13-9/h4-8H,3H2,1-2H3. The molecule has 1 atom stereocenters. The van der Waals surface area contributed by atoms with Gasteiger partial charge in [-0.1, -0.05) is 19.0 Å². The lowest BCUT2D eigenvalue weighted by molar-refractivity contribution is -0.147. The highest BCUT2D eigenvalue weighted by Gasteiger charge is 2.11. The Morgan fingerprint density at radius 1 is 1.79 bits per heavy atom. The number of carbonyl (C=O) groups is 1. The predicted octanol–water partition coefficient (Wildman–Crippen LogP) is 2.20. The average Bonchev–Trinajstić information content (AvgIpc) is 2.69. The molecule has 1 rings (SSSR count). The molecule has 14 heavy (non-hydrogen) atoms. The maximum Gasteiger partial charge on any atom is 0.337 e. The Bertz CT molecular complexity index is 303. The van der Waals surface area contributed by atoms with Gasteiger partial charge in [0.25, 0.3) is 0 Å². The van der Waals surface area contributed by atoms with E-state index >= 15 is 0 Å². The largest absolute Gasteiger partial charge is 0.463 e. The number of hydrogen-bond donors (Lipinski definition) is 0. The van der Waals surface area contributed by atoms with Crippen molar-refractivity contribution in [2.24, 2.45) is 11.1 Å². The Balaban J connectivity index is 2.37. The minimum Gasteiger partial charge on any atom is -0.463 e. The molecule has 0 saturated carbocycles. The first-order chi connectivity index (χ1) is 6.74. The highest BCUT2D eigenvalue weighted by atomic mass is 16.7. The molecule has 1 heterocycles. The topological polar surface area (TPSA) is 51.8 Å². The van der Waals surface area contributed by atoms with Crippen LogP contribution in [0.25, 0.3) is 0 Å². The quantitative estimate of drug-likeness (QED) is 0.420. The first-order valence-corrected chi connectivity index (χ1v) is 4.51. The molecule has 76 valence electrons. The van der Waals surface area contributed by atoms with Crippen molar-refractivity contribution in [1.82, 2.24) is 0 Å². The Morgan fingerprint density at radius 3 is 3.14 bits per heavy atom. The van der Waals surface area contributed by atoms with Gasteiger partial charge in [-0.3, -0.25) is 0 Å². The van der Waals surface area contributed by atoms with Gasteiger partial charge in [0.2, 0.25) is 0 Å². The van der Waals surface area contributed by atoms with Crippen molar-refractivity contribution < 1.29 is 14.0 Å². The normalized spacial score (nSPS) is 13.0. The van der Waals surface area contributed by atoms with Gasteiger partial charge in [0.05, 0.1) is 12.2 Å². The summed E-state index contributed by atoms with van der Waals surface area (Å²) in [6, 6.07) is 3.46. The van der Waals surface area contributed by atoms with Crippen LogP contribution in [-0.2, 0) is 9.63 Å². The average molecular weight is 195 g/mol. The van der Waals surface area contributed by atoms with Crippen LogP contribution in [0.1, 0.15) is 26.0 Å². The fraction of sp³-hybridized carbons (Fsp3) is 0.400. The molecule has 1 unspecified atom stereocenters. The number of hydrogen-bond acceptors (Lipinski definition) is 4. The van der Waals surface area contributed by atoms with Crippen LogP contribution in [0.3, 0.4) is 0 Å². The van der Waals surface area contributed by atoms with Gasteiger partial charge in [0.15, 0.2) is 0 Å². The Kier molecular flexibility index (Phi) is 3.91. The maximum absolute atomic E-state index is 11.1. The zero-order valence-electron chi connectivity index (χ0n) is 8.27. The van der Waals surface area contributed by atoms with Gasteiger partial charge in [0, 0.05) is 0 Å². The first kappa shape index (κ1) is 10.5. The van der Waals surface area contributed by atoms with E-state index in [9.17, 15) is 4.79 Å². The van der Waals surface area contributed by atoms with E-state index in [1.165, 1.54) is 12.5 Å². The lowest BCUT2D eigenvalue weighted by Crippen LogP contribution is -2.10. The minimum absolute atomic E-state index is 0.122. The van der Waals surface area contributed by atoms with E-state index in [1.54, 1.807) is 19.1 Å². The molecule has 0 amide bonds. The van der Waals surface area contributed by atoms with Crippen molar-refractivity contribution in [3.63, 3.8) is 0 Å². The summed E-state index contributed by atoms with van der Waals surface area (Å²) in [6.07, 6.45) is 3.63. The summed E-state index contributed by atoms with van der Waals surface area (Å²) >= 11 is 0. The van der Waals surface area contributed by atoms with Crippen LogP contribution in [0.15, 0.2) is 28.0 Å². The van der Waals surface area contributed by atoms with Gasteiger partial charge in [-0.05, 0) is 18.6 Å². The summed E-state index contributed by atoms with van der Waals surface area (Å²) in [5, 5.41) is 3.51. The fourth-order valence-corrected chi connectivity index (χ4v) is 0.752. The van der Waals surface area contributed by atoms with E-state index < -0.39 is 0 Å². The van der Waals surface area contributed by atoms with E-state index in [-0.39, 0.29) is 11.9 Å². The molecule has 4 nitrogen and oxygen atoms in total. The number of oxime groups is 1. The van der Waals surface area contributed by atoms with Crippen molar-refractivity contribution in [3.05, 3.63) is 24.2 Å². The zero-order valence-corrected chi connectivity index (χ0v) is 8.27. The number of carbonyl (C=O) groups excluding carboxylic acids is 1. The van der Waals surface area contributed by atoms with Crippen molar-refractivity contribution in [2.75, 3.05) is 0 Å². The summed E-state index contributed by atoms with van der Waals surface area (Å²) in [4.78, 5) is 15.8. The second kappa shape index (κ2) is 5.21. The smallest absolute Gasteiger partial charge is 0.337 e. The van der Waals surface area contributed by atoms with Crippen LogP contribution >= 0.6 is 0 Å². The lowest BCUT2D eigenvalue weighted by Gasteiger charge is -2.02. The molecule has 0 fully saturated rings. The number of furan rings is 1. The van der Waals surface area contributed by atoms with Gasteiger partial charge < -0.3 is 9.25 Å². The minimum atomic E-state index is -0.324. The summed E-state index contributed by atoms with van der Waals surface area (Å²) in [5.41, 5.74) is 0. The van der Waals surface area contributed by atoms with Crippen molar-refractivity contribution in [2.45, 2.75) is 20.3 Å². The van der Waals surface area contributed by atoms with Gasteiger partial charge >= 0.3 is 5.97 Å². The summed E-state index contributed by atoms with van der Waals surface area (Å²) < 4.78 is 4.96. The molecule has 0 spiro atoms. The molecule has 0 aliphatic rings. The van der Waals surface area contributed by atoms with Gasteiger partial charge in [-0.2, -0.15) is 0 Å². The highest BCUT2D eigenvalue weighted by molar-refractivity contribution is 5.77. The summed E-state index contributed by atoms with van der Waals surface area (Å²) in [7, 11) is 0. The molecular formula is C10H13NO3. The van der Waals surface area contributed by atoms with Crippen LogP contribution in [0.4, 0.5) is 0 Å². The molecule has 1 aromatic heterocycles. The van der Waals surface area contributed by atoms with Crippen LogP contribution in [0.5, 0.6) is 0 Å². The second-order valence-corrected chi connectivity index (χ2v) is 2.97. The second-order valence-electron chi connectivity index (χ2n) is 2.97. The monoisotopic (exact) mass is 195 g/mol. The maximum atomic E-state index is 11.1. The first-order valence-electron chi connectivity index (χ1n) is 4.51. The highest BCUT2D eigenvalue weighted by Crippen LogP contribution is 2.03. The van der Waals surface area contributed by atoms with E-state index in [0.29, 0.717) is 5.76 Å². The lowest BCUT2D eigenvalue weighted by atomic mass is 10.1. The Morgan fingerprint density at radius 2 is 2.57 bits per heavy atom. The van der Waals surface area contributed by atoms with Gasteiger partial charge in [-0.15, -0.1) is 0 Å². The Labute approximate surface area is 82.5 Å². The molecular weight excluding hydrogens is 182 g/mol. The third kappa shape index (κ3) is 3.05. The van der Waals surface area contributed by atoms with Crippen LogP contribution in [0, 0.1) is 5.92 Å². The summed E-state index contributed by atoms with van der Waals surface area (Å²) in [5.74, 6) is 0.112. The molecule has 0 aliphatic carbocycles. The molecule has 0 N–H and O–H groups in total. The Hall–Kier alpha value is -1.58.